The number of fused-ring (bicyclic) bond motifs is 1. The minimum atomic E-state index is -0.748. The van der Waals surface area contributed by atoms with Crippen LogP contribution < -0.4 is 0 Å². The average molecular weight is 260 g/mol. The summed E-state index contributed by atoms with van der Waals surface area (Å²) in [4.78, 5) is 35.6. The van der Waals surface area contributed by atoms with Crippen LogP contribution >= 0.6 is 0 Å². The van der Waals surface area contributed by atoms with Crippen LogP contribution in [0.25, 0.3) is 0 Å². The highest BCUT2D eigenvalue weighted by molar-refractivity contribution is 6.15. The largest absolute Gasteiger partial charge is 0.282 e. The second-order valence-corrected chi connectivity index (χ2v) is 4.92. The number of nitro groups is 1. The zero-order valence-electron chi connectivity index (χ0n) is 10.3. The number of benzene rings is 1. The van der Waals surface area contributed by atoms with E-state index in [0.717, 1.165) is 0 Å². The summed E-state index contributed by atoms with van der Waals surface area (Å²) in [6.07, 6.45) is 0.527. The van der Waals surface area contributed by atoms with Gasteiger partial charge in [0.2, 0.25) is 11.8 Å². The Morgan fingerprint density at radius 3 is 2.47 bits per heavy atom. The molecule has 1 aliphatic carbocycles. The molecule has 6 nitrogen and oxygen atoms in total. The lowest BCUT2D eigenvalue weighted by atomic mass is 9.94. The minimum Gasteiger partial charge on any atom is -0.282 e. The van der Waals surface area contributed by atoms with Gasteiger partial charge in [-0.2, -0.15) is 0 Å². The van der Waals surface area contributed by atoms with Crippen LogP contribution in [-0.4, -0.2) is 28.2 Å². The van der Waals surface area contributed by atoms with E-state index in [0.29, 0.717) is 18.5 Å². The van der Waals surface area contributed by atoms with Gasteiger partial charge in [-0.05, 0) is 18.9 Å². The molecule has 3 rings (SSSR count). The molecule has 1 aliphatic heterocycles. The first-order chi connectivity index (χ1) is 9.02. The molecule has 2 atom stereocenters. The molecule has 2 amide bonds. The van der Waals surface area contributed by atoms with Gasteiger partial charge >= 0.3 is 0 Å². The van der Waals surface area contributed by atoms with Gasteiger partial charge in [0.15, 0.2) is 0 Å². The lowest BCUT2D eigenvalue weighted by Crippen LogP contribution is -2.36. The van der Waals surface area contributed by atoms with Crippen LogP contribution in [0, 0.1) is 16.0 Å². The van der Waals surface area contributed by atoms with E-state index in [4.69, 9.17) is 0 Å². The van der Waals surface area contributed by atoms with Crippen LogP contribution in [-0.2, 0) is 15.0 Å². The van der Waals surface area contributed by atoms with Crippen LogP contribution in [0.2, 0.25) is 0 Å². The fraction of sp³-hybridized carbons (Fsp3) is 0.385. The Balaban J connectivity index is 1.98. The molecule has 1 saturated carbocycles. The maximum absolute atomic E-state index is 12.3. The van der Waals surface area contributed by atoms with Crippen LogP contribution in [0.1, 0.15) is 18.9 Å². The van der Waals surface area contributed by atoms with Crippen molar-refractivity contribution in [1.82, 2.24) is 4.90 Å². The molecule has 6 heteroatoms. The Morgan fingerprint density at radius 2 is 2.00 bits per heavy atom. The Labute approximate surface area is 109 Å². The molecule has 1 heterocycles. The summed E-state index contributed by atoms with van der Waals surface area (Å²) in [5.41, 5.74) is -0.0544. The number of amides is 2. The van der Waals surface area contributed by atoms with Gasteiger partial charge in [0.05, 0.1) is 16.3 Å². The number of piperidine rings is 1. The lowest BCUT2D eigenvalue weighted by Gasteiger charge is -2.17. The van der Waals surface area contributed by atoms with Gasteiger partial charge in [-0.3, -0.25) is 24.6 Å². The first-order valence-electron chi connectivity index (χ1n) is 6.13. The number of nitrogens with zero attached hydrogens (tertiary/aromatic N) is 2. The van der Waals surface area contributed by atoms with Crippen LogP contribution in [0.3, 0.4) is 0 Å². The Morgan fingerprint density at radius 1 is 1.37 bits per heavy atom. The standard InChI is InChI=1S/C13H12N2O4/c1-2-14-11(16)10-7-13(10,12(14)17)8-3-5-9(6-4-8)15(18)19/h3-6,10H,2,7H2,1H3. The third kappa shape index (κ3) is 1.36. The summed E-state index contributed by atoms with van der Waals surface area (Å²) in [7, 11) is 0. The number of imide groups is 1. The minimum absolute atomic E-state index is 0.0125. The molecular formula is C13H12N2O4. The molecule has 0 aromatic heterocycles. The highest BCUT2D eigenvalue weighted by Gasteiger charge is 2.72. The van der Waals surface area contributed by atoms with Gasteiger partial charge in [0.1, 0.15) is 0 Å². The molecule has 0 radical (unpaired) electrons. The first kappa shape index (κ1) is 11.8. The van der Waals surface area contributed by atoms with Crippen LogP contribution in [0.5, 0.6) is 0 Å². The predicted octanol–water partition coefficient (Wildman–Crippen LogP) is 1.24. The van der Waals surface area contributed by atoms with Crippen molar-refractivity contribution in [1.29, 1.82) is 0 Å². The molecule has 0 N–H and O–H groups in total. The first-order valence-corrected chi connectivity index (χ1v) is 6.13. The van der Waals surface area contributed by atoms with Gasteiger partial charge < -0.3 is 0 Å². The second kappa shape index (κ2) is 3.63. The van der Waals surface area contributed by atoms with E-state index in [1.54, 1.807) is 19.1 Å². The quantitative estimate of drug-likeness (QED) is 0.465. The van der Waals surface area contributed by atoms with E-state index in [2.05, 4.69) is 0 Å². The molecule has 0 spiro atoms. The summed E-state index contributed by atoms with van der Waals surface area (Å²) < 4.78 is 0. The van der Waals surface area contributed by atoms with Gasteiger partial charge in [0, 0.05) is 18.7 Å². The van der Waals surface area contributed by atoms with Crippen molar-refractivity contribution in [3.8, 4) is 0 Å². The number of carbonyl (C=O) groups is 2. The van der Waals surface area contributed by atoms with E-state index < -0.39 is 10.3 Å². The number of likely N-dealkylation sites (tertiary alicyclic amines) is 1. The fourth-order valence-electron chi connectivity index (χ4n) is 2.95. The number of hydrogen-bond acceptors (Lipinski definition) is 4. The average Bonchev–Trinajstić information content (AvgIpc) is 3.11. The van der Waals surface area contributed by atoms with Crippen molar-refractivity contribution >= 4 is 17.5 Å². The predicted molar refractivity (Wildman–Crippen MR) is 65.3 cm³/mol. The Kier molecular flexibility index (Phi) is 2.26. The van der Waals surface area contributed by atoms with E-state index in [1.165, 1.54) is 17.0 Å². The Hall–Kier alpha value is -2.24. The molecule has 2 fully saturated rings. The van der Waals surface area contributed by atoms with E-state index >= 15 is 0 Å². The van der Waals surface area contributed by atoms with Crippen molar-refractivity contribution in [2.75, 3.05) is 6.54 Å². The molecule has 1 aromatic rings. The molecular weight excluding hydrogens is 248 g/mol. The smallest absolute Gasteiger partial charge is 0.269 e. The summed E-state index contributed by atoms with van der Waals surface area (Å²) in [6, 6.07) is 5.93. The van der Waals surface area contributed by atoms with Gasteiger partial charge in [-0.1, -0.05) is 12.1 Å². The zero-order valence-corrected chi connectivity index (χ0v) is 10.3. The summed E-state index contributed by atoms with van der Waals surface area (Å²) >= 11 is 0. The number of hydrogen-bond donors (Lipinski definition) is 0. The summed E-state index contributed by atoms with van der Waals surface area (Å²) in [5, 5.41) is 10.6. The molecule has 1 saturated heterocycles. The number of nitro benzene ring substituents is 1. The lowest BCUT2D eigenvalue weighted by molar-refractivity contribution is -0.384. The molecule has 19 heavy (non-hydrogen) atoms. The maximum Gasteiger partial charge on any atom is 0.269 e. The van der Waals surface area contributed by atoms with Crippen LogP contribution in [0.4, 0.5) is 5.69 Å². The number of carbonyl (C=O) groups excluding carboxylic acids is 2. The van der Waals surface area contributed by atoms with Crippen LogP contribution in [0.15, 0.2) is 24.3 Å². The summed E-state index contributed by atoms with van der Waals surface area (Å²) in [6.45, 7) is 2.15. The second-order valence-electron chi connectivity index (χ2n) is 4.92. The van der Waals surface area contributed by atoms with Gasteiger partial charge in [-0.15, -0.1) is 0 Å². The van der Waals surface area contributed by atoms with E-state index in [9.17, 15) is 19.7 Å². The number of rotatable bonds is 3. The summed E-state index contributed by atoms with van der Waals surface area (Å²) in [5.74, 6) is -0.564. The van der Waals surface area contributed by atoms with E-state index in [-0.39, 0.29) is 23.4 Å². The van der Waals surface area contributed by atoms with Crippen molar-refractivity contribution in [3.05, 3.63) is 39.9 Å². The van der Waals surface area contributed by atoms with E-state index in [1.807, 2.05) is 0 Å². The molecule has 98 valence electrons. The number of non-ortho nitro benzene ring substituents is 1. The van der Waals surface area contributed by atoms with Crippen molar-refractivity contribution in [2.45, 2.75) is 18.8 Å². The topological polar surface area (TPSA) is 80.5 Å². The Bertz CT molecular complexity index is 595. The molecule has 2 aliphatic rings. The highest BCUT2D eigenvalue weighted by Crippen LogP contribution is 2.60. The third-order valence-corrected chi connectivity index (χ3v) is 4.06. The molecule has 0 bridgehead atoms. The normalized spacial score (nSPS) is 28.5. The maximum atomic E-state index is 12.3. The number of likely N-dealkylation sites (N-methyl/N-ethyl adjacent to an activating group) is 1. The molecule has 1 aromatic carbocycles. The molecule has 2 unspecified atom stereocenters. The third-order valence-electron chi connectivity index (χ3n) is 4.06. The zero-order chi connectivity index (χ0) is 13.8. The van der Waals surface area contributed by atoms with Crippen molar-refractivity contribution in [2.24, 2.45) is 5.92 Å². The van der Waals surface area contributed by atoms with Gasteiger partial charge in [0.25, 0.3) is 5.69 Å². The monoisotopic (exact) mass is 260 g/mol. The highest BCUT2D eigenvalue weighted by atomic mass is 16.6. The van der Waals surface area contributed by atoms with Crippen molar-refractivity contribution < 1.29 is 14.5 Å². The SMILES string of the molecule is CCN1C(=O)C2CC2(c2ccc([N+](=O)[O-])cc2)C1=O. The van der Waals surface area contributed by atoms with Gasteiger partial charge in [-0.25, -0.2) is 0 Å². The fourth-order valence-corrected chi connectivity index (χ4v) is 2.95. The van der Waals surface area contributed by atoms with Crippen molar-refractivity contribution in [3.63, 3.8) is 0 Å².